The highest BCUT2D eigenvalue weighted by molar-refractivity contribution is 6.30. The molecule has 0 saturated carbocycles. The normalized spacial score (nSPS) is 14.2. The van der Waals surface area contributed by atoms with Crippen molar-refractivity contribution in [2.75, 3.05) is 0 Å². The Morgan fingerprint density at radius 1 is 1.03 bits per heavy atom. The highest BCUT2D eigenvalue weighted by Crippen LogP contribution is 2.31. The van der Waals surface area contributed by atoms with E-state index in [1.165, 1.54) is 4.57 Å². The summed E-state index contributed by atoms with van der Waals surface area (Å²) in [6, 6.07) is 19.4. The van der Waals surface area contributed by atoms with Crippen LogP contribution in [0.25, 0.3) is 21.9 Å². The number of carboxylic acid groups (broad SMARTS) is 1. The third-order valence-electron chi connectivity index (χ3n) is 6.94. The molecule has 0 aliphatic carbocycles. The summed E-state index contributed by atoms with van der Waals surface area (Å²) in [7, 11) is 0. The van der Waals surface area contributed by atoms with Gasteiger partial charge in [0.15, 0.2) is 0 Å². The first kappa shape index (κ1) is 23.9. The van der Waals surface area contributed by atoms with Crippen molar-refractivity contribution < 1.29 is 15.0 Å². The van der Waals surface area contributed by atoms with E-state index >= 15 is 0 Å². The molecular weight excluding hydrogens is 478 g/mol. The minimum Gasteiger partial charge on any atom is -0.481 e. The number of halogens is 1. The van der Waals surface area contributed by atoms with Crippen molar-refractivity contribution in [1.82, 2.24) is 14.1 Å². The summed E-state index contributed by atoms with van der Waals surface area (Å²) in [6.07, 6.45) is 0.605. The quantitative estimate of drug-likeness (QED) is 0.281. The molecule has 0 fully saturated rings. The Morgan fingerprint density at radius 2 is 1.72 bits per heavy atom. The summed E-state index contributed by atoms with van der Waals surface area (Å²) in [5.74, 6) is -2.43. The van der Waals surface area contributed by atoms with Crippen molar-refractivity contribution >= 4 is 39.5 Å². The van der Waals surface area contributed by atoms with Crippen LogP contribution in [0.4, 0.5) is 0 Å². The number of para-hydroxylation sites is 2. The minimum absolute atomic E-state index is 0.189. The third kappa shape index (κ3) is 4.00. The Morgan fingerprint density at radius 3 is 2.42 bits per heavy atom. The van der Waals surface area contributed by atoms with Gasteiger partial charge < -0.3 is 15.2 Å². The summed E-state index contributed by atoms with van der Waals surface area (Å²) in [5.41, 5.74) is 4.47. The predicted octanol–water partition coefficient (Wildman–Crippen LogP) is 5.29. The summed E-state index contributed by atoms with van der Waals surface area (Å²) in [5, 5.41) is 22.5. The van der Waals surface area contributed by atoms with Crippen molar-refractivity contribution in [3.63, 3.8) is 0 Å². The van der Waals surface area contributed by atoms with Gasteiger partial charge in [-0.2, -0.15) is 0 Å². The van der Waals surface area contributed by atoms with Gasteiger partial charge in [-0.15, -0.1) is 0 Å². The molecule has 36 heavy (non-hydrogen) atoms. The van der Waals surface area contributed by atoms with Gasteiger partial charge in [-0.1, -0.05) is 48.0 Å². The van der Waals surface area contributed by atoms with Crippen LogP contribution in [0.1, 0.15) is 35.8 Å². The Bertz CT molecular complexity index is 1630. The number of nitrogens with zero attached hydrogens (tertiary/aromatic N) is 2. The van der Waals surface area contributed by atoms with E-state index in [0.29, 0.717) is 21.6 Å². The number of hydrogen-bond acceptors (Lipinski definition) is 3. The minimum atomic E-state index is -1.32. The van der Waals surface area contributed by atoms with Crippen LogP contribution < -0.4 is 5.69 Å². The maximum atomic E-state index is 13.8. The van der Waals surface area contributed by atoms with Crippen LogP contribution in [0.5, 0.6) is 0 Å². The highest BCUT2D eigenvalue weighted by atomic mass is 35.5. The molecule has 2 heterocycles. The molecule has 3 unspecified atom stereocenters. The van der Waals surface area contributed by atoms with Crippen LogP contribution in [0.3, 0.4) is 0 Å². The molecule has 5 rings (SSSR count). The summed E-state index contributed by atoms with van der Waals surface area (Å²) in [6.45, 7) is 3.81. The Labute approximate surface area is 212 Å². The molecule has 0 radical (unpaired) electrons. The van der Waals surface area contributed by atoms with Crippen molar-refractivity contribution in [2.24, 2.45) is 5.92 Å². The monoisotopic (exact) mass is 503 g/mol. The molecule has 3 aromatic carbocycles. The molecule has 8 heteroatoms. The van der Waals surface area contributed by atoms with Gasteiger partial charge in [-0.05, 0) is 55.3 Å². The second kappa shape index (κ2) is 9.33. The van der Waals surface area contributed by atoms with Crippen LogP contribution in [0, 0.1) is 12.8 Å². The lowest BCUT2D eigenvalue weighted by Gasteiger charge is -2.20. The molecule has 0 saturated heterocycles. The number of rotatable bonds is 7. The number of aromatic nitrogens is 3. The number of hydrogen-bond donors (Lipinski definition) is 3. The first-order valence-corrected chi connectivity index (χ1v) is 12.1. The van der Waals surface area contributed by atoms with E-state index in [4.69, 9.17) is 11.6 Å². The largest absolute Gasteiger partial charge is 0.481 e. The molecule has 0 aliphatic rings. The predicted molar refractivity (Wildman–Crippen MR) is 141 cm³/mol. The van der Waals surface area contributed by atoms with Gasteiger partial charge in [-0.3, -0.25) is 13.9 Å². The van der Waals surface area contributed by atoms with Gasteiger partial charge in [0.2, 0.25) is 0 Å². The Balaban J connectivity index is 1.61. The van der Waals surface area contributed by atoms with Crippen LogP contribution in [-0.4, -0.2) is 30.3 Å². The number of aliphatic hydroxyl groups is 1. The molecule has 0 amide bonds. The Kier molecular flexibility index (Phi) is 6.20. The molecule has 3 atom stereocenters. The number of carboxylic acids is 1. The van der Waals surface area contributed by atoms with Crippen LogP contribution in [0.2, 0.25) is 5.02 Å². The fourth-order valence-corrected chi connectivity index (χ4v) is 5.18. The van der Waals surface area contributed by atoms with E-state index in [1.54, 1.807) is 34.9 Å². The maximum Gasteiger partial charge on any atom is 0.329 e. The van der Waals surface area contributed by atoms with E-state index in [9.17, 15) is 19.8 Å². The Hall–Kier alpha value is -3.81. The second-order valence-electron chi connectivity index (χ2n) is 9.11. The topological polar surface area (TPSA) is 100 Å². The zero-order chi connectivity index (χ0) is 25.6. The van der Waals surface area contributed by atoms with Gasteiger partial charge in [0, 0.05) is 34.2 Å². The SMILES string of the molecule is Cc1cccc2[nH]cc(C(C)n3c(=O)n(CC(C(=O)O)C(O)c4ccc(Cl)cc4)c4ccccc43)c12. The molecule has 2 aromatic heterocycles. The number of imidazole rings is 1. The standard InChI is InChI=1S/C28H26ClN3O4/c1-16-6-5-7-22-25(16)20(14-30-22)17(2)32-24-9-4-3-8-23(24)31(28(32)36)15-21(27(34)35)26(33)18-10-12-19(29)13-11-18/h3-14,17,21,26,30,33H,15H2,1-2H3,(H,34,35). The van der Waals surface area contributed by atoms with Crippen LogP contribution >= 0.6 is 11.6 Å². The van der Waals surface area contributed by atoms with Crippen LogP contribution in [0.15, 0.2) is 77.7 Å². The van der Waals surface area contributed by atoms with Gasteiger partial charge in [-0.25, -0.2) is 4.79 Å². The number of aliphatic hydroxyl groups excluding tert-OH is 1. The van der Waals surface area contributed by atoms with Gasteiger partial charge in [0.25, 0.3) is 0 Å². The number of aromatic amines is 1. The summed E-state index contributed by atoms with van der Waals surface area (Å²) >= 11 is 5.95. The fourth-order valence-electron chi connectivity index (χ4n) is 5.05. The smallest absolute Gasteiger partial charge is 0.329 e. The van der Waals surface area contributed by atoms with Crippen molar-refractivity contribution in [3.05, 3.63) is 105 Å². The number of benzene rings is 3. The van der Waals surface area contributed by atoms with E-state index in [2.05, 4.69) is 4.98 Å². The van der Waals surface area contributed by atoms with Gasteiger partial charge in [0.05, 0.1) is 23.2 Å². The fraction of sp³-hybridized carbons (Fsp3) is 0.214. The zero-order valence-corrected chi connectivity index (χ0v) is 20.6. The van der Waals surface area contributed by atoms with E-state index < -0.39 is 18.0 Å². The summed E-state index contributed by atoms with van der Waals surface area (Å²) in [4.78, 5) is 29.4. The number of aryl methyl sites for hydroxylation is 1. The molecule has 0 spiro atoms. The van der Waals surface area contributed by atoms with Gasteiger partial charge in [0.1, 0.15) is 5.92 Å². The molecular formula is C28H26ClN3O4. The third-order valence-corrected chi connectivity index (χ3v) is 7.19. The zero-order valence-electron chi connectivity index (χ0n) is 19.9. The number of aliphatic carboxylic acids is 1. The van der Waals surface area contributed by atoms with E-state index in [1.807, 2.05) is 56.4 Å². The van der Waals surface area contributed by atoms with Crippen molar-refractivity contribution in [1.29, 1.82) is 0 Å². The molecule has 0 bridgehead atoms. The molecule has 3 N–H and O–H groups in total. The highest BCUT2D eigenvalue weighted by Gasteiger charge is 2.31. The summed E-state index contributed by atoms with van der Waals surface area (Å²) < 4.78 is 3.14. The van der Waals surface area contributed by atoms with Crippen molar-refractivity contribution in [3.8, 4) is 0 Å². The lowest BCUT2D eigenvalue weighted by atomic mass is 9.95. The average molecular weight is 504 g/mol. The van der Waals surface area contributed by atoms with E-state index in [0.717, 1.165) is 22.0 Å². The molecule has 184 valence electrons. The average Bonchev–Trinajstić information content (AvgIpc) is 3.42. The molecule has 0 aliphatic heterocycles. The first-order valence-electron chi connectivity index (χ1n) is 11.7. The molecule has 7 nitrogen and oxygen atoms in total. The van der Waals surface area contributed by atoms with Crippen molar-refractivity contribution in [2.45, 2.75) is 32.5 Å². The first-order chi connectivity index (χ1) is 17.3. The number of nitrogens with one attached hydrogen (secondary N) is 1. The lowest BCUT2D eigenvalue weighted by Crippen LogP contribution is -2.33. The molecule has 5 aromatic rings. The maximum absolute atomic E-state index is 13.8. The number of H-pyrrole nitrogens is 1. The number of fused-ring (bicyclic) bond motifs is 2. The second-order valence-corrected chi connectivity index (χ2v) is 9.55. The van der Waals surface area contributed by atoms with Crippen LogP contribution in [-0.2, 0) is 11.3 Å². The van der Waals surface area contributed by atoms with E-state index in [-0.39, 0.29) is 18.3 Å². The lowest BCUT2D eigenvalue weighted by molar-refractivity contribution is -0.146. The van der Waals surface area contributed by atoms with Gasteiger partial charge >= 0.3 is 11.7 Å². The number of carbonyl (C=O) groups is 1.